The molecule has 0 aromatic rings. The van der Waals surface area contributed by atoms with Crippen LogP contribution in [0.4, 0.5) is 0 Å². The van der Waals surface area contributed by atoms with Gasteiger partial charge in [0.1, 0.15) is 6.04 Å². The van der Waals surface area contributed by atoms with Gasteiger partial charge in [0.15, 0.2) is 0 Å². The van der Waals surface area contributed by atoms with Crippen LogP contribution in [0.1, 0.15) is 19.8 Å². The van der Waals surface area contributed by atoms with Crippen LogP contribution in [0.15, 0.2) is 0 Å². The standard InChI is InChI=1S/C7H15NO2S/c1-2-4-10-7(9)6(8)3-5-11/h6,11H,2-5,8H2,1H3/t6-/m1/s1. The zero-order valence-corrected chi connectivity index (χ0v) is 7.64. The first kappa shape index (κ1) is 10.8. The summed E-state index contributed by atoms with van der Waals surface area (Å²) in [6.07, 6.45) is 1.41. The van der Waals surface area contributed by atoms with Gasteiger partial charge in [0, 0.05) is 0 Å². The van der Waals surface area contributed by atoms with E-state index in [2.05, 4.69) is 12.6 Å². The molecule has 0 saturated carbocycles. The molecule has 0 amide bonds. The number of hydrogen-bond donors (Lipinski definition) is 2. The van der Waals surface area contributed by atoms with E-state index in [1.807, 2.05) is 6.92 Å². The molecule has 11 heavy (non-hydrogen) atoms. The van der Waals surface area contributed by atoms with Crippen molar-refractivity contribution in [2.24, 2.45) is 5.73 Å². The fraction of sp³-hybridized carbons (Fsp3) is 0.857. The summed E-state index contributed by atoms with van der Waals surface area (Å²) in [5, 5.41) is 0. The minimum atomic E-state index is -0.501. The summed E-state index contributed by atoms with van der Waals surface area (Å²) < 4.78 is 4.81. The van der Waals surface area contributed by atoms with Gasteiger partial charge in [-0.1, -0.05) is 6.92 Å². The Kier molecular flexibility index (Phi) is 6.36. The van der Waals surface area contributed by atoms with Crippen molar-refractivity contribution in [3.63, 3.8) is 0 Å². The molecule has 2 N–H and O–H groups in total. The van der Waals surface area contributed by atoms with E-state index >= 15 is 0 Å². The van der Waals surface area contributed by atoms with E-state index in [1.165, 1.54) is 0 Å². The van der Waals surface area contributed by atoms with E-state index < -0.39 is 6.04 Å². The number of ether oxygens (including phenoxy) is 1. The molecule has 66 valence electrons. The maximum atomic E-state index is 10.9. The lowest BCUT2D eigenvalue weighted by molar-refractivity contribution is -0.145. The molecule has 0 rings (SSSR count). The number of carbonyl (C=O) groups excluding carboxylic acids is 1. The van der Waals surface area contributed by atoms with Gasteiger partial charge >= 0.3 is 5.97 Å². The molecular weight excluding hydrogens is 162 g/mol. The molecule has 0 heterocycles. The quantitative estimate of drug-likeness (QED) is 0.477. The van der Waals surface area contributed by atoms with Crippen LogP contribution in [0.5, 0.6) is 0 Å². The summed E-state index contributed by atoms with van der Waals surface area (Å²) in [7, 11) is 0. The number of rotatable bonds is 5. The third-order valence-electron chi connectivity index (χ3n) is 1.19. The molecule has 0 aliphatic rings. The number of esters is 1. The molecule has 0 aromatic heterocycles. The Morgan fingerprint density at radius 1 is 1.73 bits per heavy atom. The van der Waals surface area contributed by atoms with Crippen molar-refractivity contribution in [2.75, 3.05) is 12.4 Å². The van der Waals surface area contributed by atoms with Gasteiger partial charge in [-0.3, -0.25) is 4.79 Å². The number of hydrogen-bond acceptors (Lipinski definition) is 4. The third-order valence-corrected chi connectivity index (χ3v) is 1.45. The van der Waals surface area contributed by atoms with Crippen molar-refractivity contribution in [2.45, 2.75) is 25.8 Å². The van der Waals surface area contributed by atoms with Crippen molar-refractivity contribution in [1.82, 2.24) is 0 Å². The first-order valence-corrected chi connectivity index (χ1v) is 4.38. The minimum Gasteiger partial charge on any atom is -0.465 e. The summed E-state index contributed by atoms with van der Waals surface area (Å²) in [5.41, 5.74) is 5.45. The fourth-order valence-corrected chi connectivity index (χ4v) is 0.845. The van der Waals surface area contributed by atoms with Crippen LogP contribution in [0.25, 0.3) is 0 Å². The van der Waals surface area contributed by atoms with Crippen molar-refractivity contribution in [3.05, 3.63) is 0 Å². The van der Waals surface area contributed by atoms with Gasteiger partial charge in [0.25, 0.3) is 0 Å². The summed E-state index contributed by atoms with van der Waals surface area (Å²) >= 11 is 3.96. The Morgan fingerprint density at radius 2 is 2.36 bits per heavy atom. The molecule has 4 heteroatoms. The zero-order chi connectivity index (χ0) is 8.69. The number of nitrogens with two attached hydrogens (primary N) is 1. The van der Waals surface area contributed by atoms with E-state index in [0.29, 0.717) is 18.8 Å². The molecule has 0 bridgehead atoms. The van der Waals surface area contributed by atoms with Crippen LogP contribution >= 0.6 is 12.6 Å². The van der Waals surface area contributed by atoms with Gasteiger partial charge in [0.05, 0.1) is 6.61 Å². The Balaban J connectivity index is 3.47. The lowest BCUT2D eigenvalue weighted by Crippen LogP contribution is -2.32. The monoisotopic (exact) mass is 177 g/mol. The van der Waals surface area contributed by atoms with E-state index in [4.69, 9.17) is 10.5 Å². The number of carbonyl (C=O) groups is 1. The van der Waals surface area contributed by atoms with Gasteiger partial charge in [-0.15, -0.1) is 0 Å². The van der Waals surface area contributed by atoms with E-state index in [0.717, 1.165) is 6.42 Å². The topological polar surface area (TPSA) is 52.3 Å². The smallest absolute Gasteiger partial charge is 0.322 e. The van der Waals surface area contributed by atoms with E-state index in [9.17, 15) is 4.79 Å². The molecule has 0 aliphatic heterocycles. The maximum absolute atomic E-state index is 10.9. The lowest BCUT2D eigenvalue weighted by Gasteiger charge is -2.08. The minimum absolute atomic E-state index is 0.319. The van der Waals surface area contributed by atoms with Crippen LogP contribution < -0.4 is 5.73 Å². The molecule has 0 unspecified atom stereocenters. The Labute approximate surface area is 72.7 Å². The van der Waals surface area contributed by atoms with Gasteiger partial charge in [-0.25, -0.2) is 0 Å². The molecular formula is C7H15NO2S. The van der Waals surface area contributed by atoms with Crippen molar-refractivity contribution < 1.29 is 9.53 Å². The van der Waals surface area contributed by atoms with Crippen molar-refractivity contribution >= 4 is 18.6 Å². The molecule has 0 aromatic carbocycles. The third kappa shape index (κ3) is 5.09. The fourth-order valence-electron chi connectivity index (χ4n) is 0.567. The normalized spacial score (nSPS) is 12.6. The first-order chi connectivity index (χ1) is 5.22. The van der Waals surface area contributed by atoms with Gasteiger partial charge in [-0.05, 0) is 18.6 Å². The highest BCUT2D eigenvalue weighted by Gasteiger charge is 2.12. The van der Waals surface area contributed by atoms with E-state index in [1.54, 1.807) is 0 Å². The highest BCUT2D eigenvalue weighted by atomic mass is 32.1. The second-order valence-electron chi connectivity index (χ2n) is 2.29. The zero-order valence-electron chi connectivity index (χ0n) is 6.75. The average Bonchev–Trinajstić information content (AvgIpc) is 2.00. The first-order valence-electron chi connectivity index (χ1n) is 3.75. The van der Waals surface area contributed by atoms with Gasteiger partial charge < -0.3 is 10.5 Å². The lowest BCUT2D eigenvalue weighted by atomic mass is 10.2. The summed E-state index contributed by atoms with van der Waals surface area (Å²) in [6.45, 7) is 2.40. The largest absolute Gasteiger partial charge is 0.465 e. The SMILES string of the molecule is CCCOC(=O)[C@H](N)CCS. The van der Waals surface area contributed by atoms with Crippen molar-refractivity contribution in [3.8, 4) is 0 Å². The molecule has 0 aliphatic carbocycles. The summed E-state index contributed by atoms with van der Waals surface area (Å²) in [4.78, 5) is 10.9. The molecule has 0 fully saturated rings. The van der Waals surface area contributed by atoms with Crippen LogP contribution in [-0.2, 0) is 9.53 Å². The summed E-state index contributed by atoms with van der Waals surface area (Å²) in [5.74, 6) is 0.295. The second kappa shape index (κ2) is 6.49. The van der Waals surface area contributed by atoms with Crippen LogP contribution in [0, 0.1) is 0 Å². The predicted octanol–water partition coefficient (Wildman–Crippen LogP) is 0.587. The summed E-state index contributed by atoms with van der Waals surface area (Å²) in [6, 6.07) is -0.501. The Bertz CT molecular complexity index is 119. The molecule has 1 atom stereocenters. The molecule has 0 spiro atoms. The van der Waals surface area contributed by atoms with Gasteiger partial charge in [0.2, 0.25) is 0 Å². The number of thiol groups is 1. The van der Waals surface area contributed by atoms with Crippen LogP contribution in [-0.4, -0.2) is 24.4 Å². The molecule has 0 radical (unpaired) electrons. The van der Waals surface area contributed by atoms with Crippen LogP contribution in [0.2, 0.25) is 0 Å². The highest BCUT2D eigenvalue weighted by Crippen LogP contribution is 1.94. The highest BCUT2D eigenvalue weighted by molar-refractivity contribution is 7.80. The second-order valence-corrected chi connectivity index (χ2v) is 2.73. The Morgan fingerprint density at radius 3 is 2.82 bits per heavy atom. The Hall–Kier alpha value is -0.220. The predicted molar refractivity (Wildman–Crippen MR) is 47.7 cm³/mol. The van der Waals surface area contributed by atoms with E-state index in [-0.39, 0.29) is 5.97 Å². The molecule has 3 nitrogen and oxygen atoms in total. The van der Waals surface area contributed by atoms with Crippen LogP contribution in [0.3, 0.4) is 0 Å². The maximum Gasteiger partial charge on any atom is 0.322 e. The molecule has 0 saturated heterocycles. The van der Waals surface area contributed by atoms with Crippen molar-refractivity contribution in [1.29, 1.82) is 0 Å². The average molecular weight is 177 g/mol. The van der Waals surface area contributed by atoms with Gasteiger partial charge in [-0.2, -0.15) is 12.6 Å².